The molecule has 1 aromatic heterocycles. The zero-order chi connectivity index (χ0) is 17.7. The molecule has 0 bridgehead atoms. The maximum Gasteiger partial charge on any atom is 0.414 e. The van der Waals surface area contributed by atoms with Crippen molar-refractivity contribution in [3.8, 4) is 0 Å². The highest BCUT2D eigenvalue weighted by Crippen LogP contribution is 2.18. The zero-order valence-corrected chi connectivity index (χ0v) is 16.4. The van der Waals surface area contributed by atoms with E-state index in [2.05, 4.69) is 27.6 Å². The van der Waals surface area contributed by atoms with Crippen molar-refractivity contribution in [3.05, 3.63) is 57.4 Å². The molecule has 0 fully saturated rings. The van der Waals surface area contributed by atoms with Gasteiger partial charge in [-0.1, -0.05) is 24.3 Å². The van der Waals surface area contributed by atoms with E-state index in [1.54, 1.807) is 7.05 Å². The average Bonchev–Trinajstić information content (AvgIpc) is 2.51. The molecule has 0 saturated carbocycles. The van der Waals surface area contributed by atoms with Gasteiger partial charge in [0.2, 0.25) is 0 Å². The Morgan fingerprint density at radius 2 is 1.79 bits per heavy atom. The second kappa shape index (κ2) is 7.79. The first-order valence-corrected chi connectivity index (χ1v) is 8.70. The van der Waals surface area contributed by atoms with Crippen LogP contribution in [0.25, 0.3) is 12.2 Å². The summed E-state index contributed by atoms with van der Waals surface area (Å²) in [6.45, 7) is 5.56. The predicted octanol–water partition coefficient (Wildman–Crippen LogP) is 5.23. The maximum absolute atomic E-state index is 12.1. The third kappa shape index (κ3) is 5.63. The first kappa shape index (κ1) is 18.4. The van der Waals surface area contributed by atoms with Crippen LogP contribution in [0, 0.1) is 3.70 Å². The Kier molecular flexibility index (Phi) is 5.99. The van der Waals surface area contributed by atoms with E-state index in [1.807, 2.05) is 75.4 Å². The number of halogens is 1. The van der Waals surface area contributed by atoms with Gasteiger partial charge in [-0.3, -0.25) is 4.90 Å². The van der Waals surface area contributed by atoms with Gasteiger partial charge in [0.25, 0.3) is 0 Å². The van der Waals surface area contributed by atoms with E-state index in [0.29, 0.717) is 0 Å². The van der Waals surface area contributed by atoms with Crippen molar-refractivity contribution in [2.45, 2.75) is 26.4 Å². The molecule has 1 heterocycles. The number of carbonyl (C=O) groups excluding carboxylic acids is 1. The average molecular weight is 436 g/mol. The number of nitrogens with zero attached hydrogens (tertiary/aromatic N) is 2. The van der Waals surface area contributed by atoms with Crippen molar-refractivity contribution < 1.29 is 9.53 Å². The molecule has 1 aromatic carbocycles. The fraction of sp³-hybridized carbons (Fsp3) is 0.263. The van der Waals surface area contributed by atoms with Crippen LogP contribution < -0.4 is 4.90 Å². The van der Waals surface area contributed by atoms with Crippen molar-refractivity contribution in [1.82, 2.24) is 4.98 Å². The monoisotopic (exact) mass is 436 g/mol. The van der Waals surface area contributed by atoms with Crippen LogP contribution in [0.3, 0.4) is 0 Å². The van der Waals surface area contributed by atoms with Gasteiger partial charge < -0.3 is 4.74 Å². The van der Waals surface area contributed by atoms with Crippen molar-refractivity contribution >= 4 is 46.5 Å². The van der Waals surface area contributed by atoms with Crippen LogP contribution in [0.5, 0.6) is 0 Å². The number of pyridine rings is 1. The van der Waals surface area contributed by atoms with Crippen LogP contribution >= 0.6 is 22.6 Å². The normalized spacial score (nSPS) is 11.5. The SMILES string of the molecule is CN(C(=O)OC(C)(C)C)c1ccc(/C=C/c2cccc(I)n2)cc1. The number of benzene rings is 1. The highest BCUT2D eigenvalue weighted by molar-refractivity contribution is 14.1. The van der Waals surface area contributed by atoms with Crippen molar-refractivity contribution in [3.63, 3.8) is 0 Å². The fourth-order valence-corrected chi connectivity index (χ4v) is 2.43. The van der Waals surface area contributed by atoms with E-state index in [-0.39, 0.29) is 6.09 Å². The Labute approximate surface area is 156 Å². The Hall–Kier alpha value is -1.89. The van der Waals surface area contributed by atoms with E-state index in [0.717, 1.165) is 20.6 Å². The smallest absolute Gasteiger partial charge is 0.414 e. The van der Waals surface area contributed by atoms with E-state index in [1.165, 1.54) is 4.90 Å². The van der Waals surface area contributed by atoms with Crippen LogP contribution in [-0.2, 0) is 4.74 Å². The molecule has 0 spiro atoms. The largest absolute Gasteiger partial charge is 0.443 e. The Morgan fingerprint density at radius 1 is 1.12 bits per heavy atom. The lowest BCUT2D eigenvalue weighted by Crippen LogP contribution is -2.34. The van der Waals surface area contributed by atoms with Crippen molar-refractivity contribution in [1.29, 1.82) is 0 Å². The zero-order valence-electron chi connectivity index (χ0n) is 14.3. The summed E-state index contributed by atoms with van der Waals surface area (Å²) >= 11 is 2.19. The highest BCUT2D eigenvalue weighted by atomic mass is 127. The van der Waals surface area contributed by atoms with Crippen molar-refractivity contribution in [2.24, 2.45) is 0 Å². The summed E-state index contributed by atoms with van der Waals surface area (Å²) in [5.41, 5.74) is 2.23. The molecule has 0 aliphatic rings. The second-order valence-corrected chi connectivity index (χ2v) is 7.45. The minimum Gasteiger partial charge on any atom is -0.443 e. The minimum absolute atomic E-state index is 0.367. The van der Waals surface area contributed by atoms with E-state index < -0.39 is 5.60 Å². The number of ether oxygens (including phenoxy) is 1. The van der Waals surface area contributed by atoms with E-state index in [9.17, 15) is 4.79 Å². The third-order valence-electron chi connectivity index (χ3n) is 3.13. The molecule has 126 valence electrons. The molecule has 24 heavy (non-hydrogen) atoms. The molecule has 2 rings (SSSR count). The topological polar surface area (TPSA) is 42.4 Å². The van der Waals surface area contributed by atoms with Gasteiger partial charge in [-0.25, -0.2) is 9.78 Å². The van der Waals surface area contributed by atoms with Gasteiger partial charge in [0.05, 0.1) is 5.69 Å². The lowest BCUT2D eigenvalue weighted by atomic mass is 10.1. The third-order valence-corrected chi connectivity index (χ3v) is 3.73. The van der Waals surface area contributed by atoms with Gasteiger partial charge in [0, 0.05) is 12.7 Å². The molecular weight excluding hydrogens is 415 g/mol. The highest BCUT2D eigenvalue weighted by Gasteiger charge is 2.20. The first-order valence-electron chi connectivity index (χ1n) is 7.62. The molecule has 0 saturated heterocycles. The number of hydrogen-bond acceptors (Lipinski definition) is 3. The Bertz CT molecular complexity index is 734. The van der Waals surface area contributed by atoms with E-state index in [4.69, 9.17) is 4.74 Å². The number of hydrogen-bond donors (Lipinski definition) is 0. The van der Waals surface area contributed by atoms with Gasteiger partial charge in [0.15, 0.2) is 0 Å². The molecule has 0 aliphatic carbocycles. The molecule has 4 nitrogen and oxygen atoms in total. The summed E-state index contributed by atoms with van der Waals surface area (Å²) in [5, 5.41) is 0. The van der Waals surface area contributed by atoms with Crippen LogP contribution in [0.1, 0.15) is 32.0 Å². The molecular formula is C19H21IN2O2. The van der Waals surface area contributed by atoms with E-state index >= 15 is 0 Å². The second-order valence-electron chi connectivity index (χ2n) is 6.35. The standard InChI is InChI=1S/C19H21IN2O2/c1-19(2,3)24-18(23)22(4)16-12-9-14(10-13-16)8-11-15-6-5-7-17(20)21-15/h5-13H,1-4H3/b11-8+. The number of rotatable bonds is 3. The maximum atomic E-state index is 12.1. The van der Waals surface area contributed by atoms with Gasteiger partial charge in [0.1, 0.15) is 9.30 Å². The lowest BCUT2D eigenvalue weighted by molar-refractivity contribution is 0.0589. The van der Waals surface area contributed by atoms with Gasteiger partial charge in [-0.05, 0) is 79.3 Å². The minimum atomic E-state index is -0.506. The Morgan fingerprint density at radius 3 is 2.38 bits per heavy atom. The summed E-state index contributed by atoms with van der Waals surface area (Å²) < 4.78 is 6.33. The number of anilines is 1. The number of aromatic nitrogens is 1. The summed E-state index contributed by atoms with van der Waals surface area (Å²) in [7, 11) is 1.70. The van der Waals surface area contributed by atoms with Gasteiger partial charge >= 0.3 is 6.09 Å². The van der Waals surface area contributed by atoms with Gasteiger partial charge in [-0.15, -0.1) is 0 Å². The molecule has 1 amide bonds. The summed E-state index contributed by atoms with van der Waals surface area (Å²) in [5.74, 6) is 0. The summed E-state index contributed by atoms with van der Waals surface area (Å²) in [4.78, 5) is 18.0. The Balaban J connectivity index is 2.06. The van der Waals surface area contributed by atoms with Crippen LogP contribution in [0.4, 0.5) is 10.5 Å². The summed E-state index contributed by atoms with van der Waals surface area (Å²) in [6.07, 6.45) is 3.60. The molecule has 0 aliphatic heterocycles. The number of amides is 1. The molecule has 0 N–H and O–H groups in total. The first-order chi connectivity index (χ1) is 11.2. The number of carbonyl (C=O) groups is 1. The molecule has 0 atom stereocenters. The van der Waals surface area contributed by atoms with Gasteiger partial charge in [-0.2, -0.15) is 0 Å². The fourth-order valence-electron chi connectivity index (χ4n) is 1.94. The van der Waals surface area contributed by atoms with Crippen LogP contribution in [-0.4, -0.2) is 23.7 Å². The molecule has 2 aromatic rings. The predicted molar refractivity (Wildman–Crippen MR) is 107 cm³/mol. The molecule has 0 unspecified atom stereocenters. The van der Waals surface area contributed by atoms with Crippen LogP contribution in [0.2, 0.25) is 0 Å². The lowest BCUT2D eigenvalue weighted by Gasteiger charge is -2.24. The summed E-state index contributed by atoms with van der Waals surface area (Å²) in [6, 6.07) is 13.6. The van der Waals surface area contributed by atoms with Crippen molar-refractivity contribution in [2.75, 3.05) is 11.9 Å². The molecule has 5 heteroatoms. The molecule has 0 radical (unpaired) electrons. The quantitative estimate of drug-likeness (QED) is 0.489. The van der Waals surface area contributed by atoms with Crippen LogP contribution in [0.15, 0.2) is 42.5 Å².